The van der Waals surface area contributed by atoms with Crippen molar-refractivity contribution in [2.75, 3.05) is 26.8 Å². The van der Waals surface area contributed by atoms with Gasteiger partial charge in [0.25, 0.3) is 5.91 Å². The van der Waals surface area contributed by atoms with Crippen LogP contribution < -0.4 is 0 Å². The molecule has 4 heterocycles. The Balaban J connectivity index is 1.55. The van der Waals surface area contributed by atoms with Crippen molar-refractivity contribution >= 4 is 5.91 Å². The summed E-state index contributed by atoms with van der Waals surface area (Å²) in [5, 5.41) is 0. The molecule has 1 unspecified atom stereocenters. The minimum atomic E-state index is 0.106. The number of hydrogen-bond donors (Lipinski definition) is 0. The van der Waals surface area contributed by atoms with Gasteiger partial charge in [0, 0.05) is 68.0 Å². The van der Waals surface area contributed by atoms with Crippen LogP contribution in [0.25, 0.3) is 11.4 Å². The first kappa shape index (κ1) is 20.3. The van der Waals surface area contributed by atoms with Gasteiger partial charge in [0.2, 0.25) is 0 Å². The zero-order valence-corrected chi connectivity index (χ0v) is 18.1. The average molecular weight is 408 g/mol. The number of likely N-dealkylation sites (tertiary alicyclic amines) is 1. The Morgan fingerprint density at radius 2 is 2.07 bits per heavy atom. The van der Waals surface area contributed by atoms with Crippen LogP contribution in [0.2, 0.25) is 0 Å². The molecule has 1 atom stereocenters. The van der Waals surface area contributed by atoms with Gasteiger partial charge < -0.3 is 18.8 Å². The molecule has 3 aromatic rings. The smallest absolute Gasteiger partial charge is 0.255 e. The van der Waals surface area contributed by atoms with Crippen molar-refractivity contribution in [1.29, 1.82) is 0 Å². The zero-order chi connectivity index (χ0) is 21.3. The van der Waals surface area contributed by atoms with Crippen molar-refractivity contribution in [3.05, 3.63) is 59.4 Å². The second kappa shape index (κ2) is 8.44. The number of ether oxygens (including phenoxy) is 1. The lowest BCUT2D eigenvalue weighted by molar-refractivity contribution is 0.0786. The molecule has 0 aliphatic carbocycles. The summed E-state index contributed by atoms with van der Waals surface area (Å²) >= 11 is 0. The molecule has 0 aromatic carbocycles. The molecule has 30 heavy (non-hydrogen) atoms. The van der Waals surface area contributed by atoms with E-state index in [-0.39, 0.29) is 11.9 Å². The van der Waals surface area contributed by atoms with Gasteiger partial charge in [-0.1, -0.05) is 0 Å². The van der Waals surface area contributed by atoms with E-state index in [1.54, 1.807) is 13.3 Å². The van der Waals surface area contributed by atoms with Crippen LogP contribution in [0, 0.1) is 20.8 Å². The number of imidazole rings is 1. The Bertz CT molecular complexity index is 1040. The van der Waals surface area contributed by atoms with Crippen LogP contribution in [0.5, 0.6) is 0 Å². The second-order valence-corrected chi connectivity index (χ2v) is 7.96. The molecule has 0 saturated carbocycles. The third kappa shape index (κ3) is 3.65. The molecule has 0 radical (unpaired) electrons. The second-order valence-electron chi connectivity index (χ2n) is 7.96. The van der Waals surface area contributed by atoms with Crippen molar-refractivity contribution in [2.45, 2.75) is 39.8 Å². The number of hydrogen-bond acceptors (Lipinski definition) is 4. The number of aromatic nitrogens is 4. The van der Waals surface area contributed by atoms with E-state index < -0.39 is 0 Å². The first-order valence-electron chi connectivity index (χ1n) is 10.4. The maximum absolute atomic E-state index is 13.3. The first-order chi connectivity index (χ1) is 14.5. The number of carbonyl (C=O) groups is 1. The summed E-state index contributed by atoms with van der Waals surface area (Å²) in [5.41, 5.74) is 4.99. The maximum Gasteiger partial charge on any atom is 0.255 e. The average Bonchev–Trinajstić information content (AvgIpc) is 3.45. The van der Waals surface area contributed by atoms with E-state index >= 15 is 0 Å². The topological polar surface area (TPSA) is 65.2 Å². The summed E-state index contributed by atoms with van der Waals surface area (Å²) < 4.78 is 9.62. The third-order valence-corrected chi connectivity index (χ3v) is 6.04. The van der Waals surface area contributed by atoms with Crippen molar-refractivity contribution in [1.82, 2.24) is 24.0 Å². The molecular formula is C23H29N5O2. The first-order valence-corrected chi connectivity index (χ1v) is 10.4. The van der Waals surface area contributed by atoms with Gasteiger partial charge in [-0.3, -0.25) is 9.78 Å². The molecule has 1 fully saturated rings. The number of methoxy groups -OCH3 is 1. The summed E-state index contributed by atoms with van der Waals surface area (Å²) in [6.45, 7) is 8.95. The summed E-state index contributed by atoms with van der Waals surface area (Å²) in [7, 11) is 1.70. The summed E-state index contributed by atoms with van der Waals surface area (Å²) in [6, 6.07) is 6.17. The summed E-state index contributed by atoms with van der Waals surface area (Å²) in [5.74, 6) is 1.02. The van der Waals surface area contributed by atoms with E-state index in [4.69, 9.17) is 4.74 Å². The van der Waals surface area contributed by atoms with Gasteiger partial charge in [-0.15, -0.1) is 0 Å². The Kier molecular flexibility index (Phi) is 5.72. The number of amides is 1. The van der Waals surface area contributed by atoms with Gasteiger partial charge in [-0.2, -0.15) is 0 Å². The lowest BCUT2D eigenvalue weighted by Gasteiger charge is -2.20. The predicted molar refractivity (Wildman–Crippen MR) is 116 cm³/mol. The maximum atomic E-state index is 13.3. The fourth-order valence-corrected chi connectivity index (χ4v) is 4.47. The van der Waals surface area contributed by atoms with Crippen LogP contribution in [-0.2, 0) is 11.3 Å². The van der Waals surface area contributed by atoms with E-state index in [2.05, 4.69) is 26.0 Å². The van der Waals surface area contributed by atoms with Crippen LogP contribution in [0.3, 0.4) is 0 Å². The van der Waals surface area contributed by atoms with E-state index in [1.807, 2.05) is 49.3 Å². The van der Waals surface area contributed by atoms with E-state index in [0.29, 0.717) is 13.2 Å². The molecule has 3 aromatic heterocycles. The van der Waals surface area contributed by atoms with Crippen LogP contribution in [0.4, 0.5) is 0 Å². The molecule has 7 nitrogen and oxygen atoms in total. The van der Waals surface area contributed by atoms with Crippen LogP contribution >= 0.6 is 0 Å². The predicted octanol–water partition coefficient (Wildman–Crippen LogP) is 3.41. The molecular weight excluding hydrogens is 378 g/mol. The van der Waals surface area contributed by atoms with E-state index in [9.17, 15) is 4.79 Å². The van der Waals surface area contributed by atoms with E-state index in [0.717, 1.165) is 53.5 Å². The normalized spacial score (nSPS) is 16.4. The van der Waals surface area contributed by atoms with Crippen molar-refractivity contribution in [3.63, 3.8) is 0 Å². The fourth-order valence-electron chi connectivity index (χ4n) is 4.47. The number of nitrogens with zero attached hydrogens (tertiary/aromatic N) is 5. The summed E-state index contributed by atoms with van der Waals surface area (Å²) in [6.07, 6.45) is 6.42. The van der Waals surface area contributed by atoms with Crippen LogP contribution in [0.1, 0.15) is 39.9 Å². The lowest BCUT2D eigenvalue weighted by Crippen LogP contribution is -2.29. The van der Waals surface area contributed by atoms with Crippen LogP contribution in [0.15, 0.2) is 36.8 Å². The monoisotopic (exact) mass is 407 g/mol. The zero-order valence-electron chi connectivity index (χ0n) is 18.1. The van der Waals surface area contributed by atoms with Gasteiger partial charge in [0.1, 0.15) is 5.82 Å². The van der Waals surface area contributed by atoms with Crippen LogP contribution in [-0.4, -0.2) is 56.7 Å². The molecule has 7 heteroatoms. The third-order valence-electron chi connectivity index (χ3n) is 6.04. The van der Waals surface area contributed by atoms with Gasteiger partial charge in [0.05, 0.1) is 18.2 Å². The number of pyridine rings is 1. The summed E-state index contributed by atoms with van der Waals surface area (Å²) in [4.78, 5) is 24.1. The highest BCUT2D eigenvalue weighted by atomic mass is 16.5. The van der Waals surface area contributed by atoms with E-state index in [1.165, 1.54) is 0 Å². The molecule has 158 valence electrons. The number of rotatable bonds is 6. The number of aryl methyl sites for hydroxylation is 2. The molecule has 0 N–H and O–H groups in total. The SMILES string of the molecule is COCCn1c(C)cc(C(=O)N2CCC(n3c(C)cnc3-c3cccnc3)C2)c1C. The minimum absolute atomic E-state index is 0.106. The Hall–Kier alpha value is -2.93. The minimum Gasteiger partial charge on any atom is -0.383 e. The quantitative estimate of drug-likeness (QED) is 0.628. The molecule has 0 spiro atoms. The molecule has 1 amide bonds. The molecule has 1 saturated heterocycles. The standard InChI is InChI=1S/C23H29N5O2/c1-16-12-21(18(3)27(16)10-11-30-4)23(29)26-9-7-20(15-26)28-17(2)13-25-22(28)19-6-5-8-24-14-19/h5-6,8,12-14,20H,7,9-11,15H2,1-4H3. The van der Waals surface area contributed by atoms with Crippen molar-refractivity contribution in [3.8, 4) is 11.4 Å². The highest BCUT2D eigenvalue weighted by molar-refractivity contribution is 5.96. The van der Waals surface area contributed by atoms with Crippen molar-refractivity contribution < 1.29 is 9.53 Å². The molecule has 0 bridgehead atoms. The molecule has 1 aliphatic rings. The Morgan fingerprint density at radius 1 is 1.23 bits per heavy atom. The van der Waals surface area contributed by atoms with Gasteiger partial charge >= 0.3 is 0 Å². The molecule has 4 rings (SSSR count). The fraction of sp³-hybridized carbons (Fsp3) is 0.435. The highest BCUT2D eigenvalue weighted by Gasteiger charge is 2.31. The molecule has 1 aliphatic heterocycles. The van der Waals surface area contributed by atoms with Gasteiger partial charge in [-0.05, 0) is 45.4 Å². The lowest BCUT2D eigenvalue weighted by atomic mass is 10.2. The number of carbonyl (C=O) groups excluding carboxylic acids is 1. The Labute approximate surface area is 177 Å². The Morgan fingerprint density at radius 3 is 2.80 bits per heavy atom. The van der Waals surface area contributed by atoms with Crippen molar-refractivity contribution in [2.24, 2.45) is 0 Å². The van der Waals surface area contributed by atoms with Gasteiger partial charge in [0.15, 0.2) is 0 Å². The highest BCUT2D eigenvalue weighted by Crippen LogP contribution is 2.30. The van der Waals surface area contributed by atoms with Gasteiger partial charge in [-0.25, -0.2) is 4.98 Å². The largest absolute Gasteiger partial charge is 0.383 e.